The number of esters is 1. The van der Waals surface area contributed by atoms with E-state index in [9.17, 15) is 14.7 Å². The molecule has 0 saturated heterocycles. The van der Waals surface area contributed by atoms with Crippen LogP contribution >= 0.6 is 0 Å². The summed E-state index contributed by atoms with van der Waals surface area (Å²) in [5, 5.41) is 9.54. The summed E-state index contributed by atoms with van der Waals surface area (Å²) in [5.41, 5.74) is 0. The van der Waals surface area contributed by atoms with E-state index in [0.717, 1.165) is 19.3 Å². The highest BCUT2D eigenvalue weighted by Crippen LogP contribution is 2.29. The van der Waals surface area contributed by atoms with E-state index in [4.69, 9.17) is 4.74 Å². The number of carboxylic acid groups (broad SMARTS) is 1. The average Bonchev–Trinajstić information content (AvgIpc) is 2.40. The van der Waals surface area contributed by atoms with Gasteiger partial charge in [-0.3, -0.25) is 9.59 Å². The summed E-state index contributed by atoms with van der Waals surface area (Å²) < 4.78 is 5.76. The van der Waals surface area contributed by atoms with Crippen LogP contribution in [0.25, 0.3) is 0 Å². The molecule has 0 aliphatic heterocycles. The van der Waals surface area contributed by atoms with Gasteiger partial charge < -0.3 is 9.84 Å². The molecule has 0 amide bonds. The maximum atomic E-state index is 12.7. The summed E-state index contributed by atoms with van der Waals surface area (Å²) in [4.78, 5) is 24.3. The maximum Gasteiger partial charge on any atom is 0.310 e. The van der Waals surface area contributed by atoms with Crippen molar-refractivity contribution in [2.75, 3.05) is 0 Å². The Labute approximate surface area is 142 Å². The van der Waals surface area contributed by atoms with Gasteiger partial charge in [0.1, 0.15) is 6.10 Å². The third-order valence-electron chi connectivity index (χ3n) is 4.32. The van der Waals surface area contributed by atoms with Crippen molar-refractivity contribution in [3.63, 3.8) is 0 Å². The fourth-order valence-electron chi connectivity index (χ4n) is 2.95. The molecule has 4 heteroatoms. The highest BCUT2D eigenvalue weighted by Gasteiger charge is 2.37. The third-order valence-corrected chi connectivity index (χ3v) is 4.32. The first-order valence-corrected chi connectivity index (χ1v) is 9.04. The summed E-state index contributed by atoms with van der Waals surface area (Å²) >= 11 is 0. The lowest BCUT2D eigenvalue weighted by molar-refractivity contribution is -0.166. The van der Waals surface area contributed by atoms with Crippen molar-refractivity contribution < 1.29 is 19.4 Å². The second-order valence-electron chi connectivity index (χ2n) is 7.71. The van der Waals surface area contributed by atoms with Crippen molar-refractivity contribution in [3.8, 4) is 0 Å². The molecule has 1 N–H and O–H groups in total. The molecule has 0 aliphatic rings. The van der Waals surface area contributed by atoms with Crippen LogP contribution in [0.15, 0.2) is 0 Å². The van der Waals surface area contributed by atoms with Crippen molar-refractivity contribution >= 4 is 11.9 Å². The smallest absolute Gasteiger partial charge is 0.310 e. The Balaban J connectivity index is 5.21. The molecule has 0 bridgehead atoms. The Kier molecular flexibility index (Phi) is 10.2. The number of rotatable bonds is 11. The molecule has 0 radical (unpaired) electrons. The van der Waals surface area contributed by atoms with Crippen molar-refractivity contribution in [1.82, 2.24) is 0 Å². The predicted molar refractivity (Wildman–Crippen MR) is 93.2 cm³/mol. The Morgan fingerprint density at radius 1 is 1.00 bits per heavy atom. The van der Waals surface area contributed by atoms with Crippen LogP contribution < -0.4 is 0 Å². The number of hydrogen-bond acceptors (Lipinski definition) is 3. The molecule has 0 aromatic carbocycles. The summed E-state index contributed by atoms with van der Waals surface area (Å²) in [6.07, 6.45) is 3.02. The van der Waals surface area contributed by atoms with Gasteiger partial charge in [-0.25, -0.2) is 0 Å². The number of carbonyl (C=O) groups is 2. The minimum absolute atomic E-state index is 0.0931. The van der Waals surface area contributed by atoms with Gasteiger partial charge in [0.15, 0.2) is 0 Å². The molecule has 0 aromatic rings. The summed E-state index contributed by atoms with van der Waals surface area (Å²) in [7, 11) is 0. The van der Waals surface area contributed by atoms with E-state index in [2.05, 4.69) is 13.8 Å². The van der Waals surface area contributed by atoms with Gasteiger partial charge in [-0.05, 0) is 30.6 Å². The quantitative estimate of drug-likeness (QED) is 0.555. The van der Waals surface area contributed by atoms with Gasteiger partial charge in [0.05, 0.1) is 11.8 Å². The summed E-state index contributed by atoms with van der Waals surface area (Å²) in [6.45, 7) is 14.1. The number of unbranched alkanes of at least 4 members (excludes halogenated alkanes) is 1. The van der Waals surface area contributed by atoms with Gasteiger partial charge in [0.25, 0.3) is 0 Å². The van der Waals surface area contributed by atoms with Crippen molar-refractivity contribution in [2.45, 2.75) is 80.3 Å². The van der Waals surface area contributed by atoms with Crippen molar-refractivity contribution in [1.29, 1.82) is 0 Å². The first kappa shape index (κ1) is 21.9. The predicted octanol–water partition coefficient (Wildman–Crippen LogP) is 4.76. The van der Waals surface area contributed by atoms with E-state index in [-0.39, 0.29) is 23.9 Å². The average molecular weight is 328 g/mol. The molecule has 3 atom stereocenters. The third kappa shape index (κ3) is 7.85. The second kappa shape index (κ2) is 10.7. The van der Waals surface area contributed by atoms with Gasteiger partial charge in [0.2, 0.25) is 0 Å². The van der Waals surface area contributed by atoms with Gasteiger partial charge in [0, 0.05) is 0 Å². The van der Waals surface area contributed by atoms with E-state index >= 15 is 0 Å². The van der Waals surface area contributed by atoms with Crippen LogP contribution in [0, 0.1) is 29.6 Å². The number of carboxylic acids is 1. The van der Waals surface area contributed by atoms with Crippen LogP contribution in [0.1, 0.15) is 74.1 Å². The lowest BCUT2D eigenvalue weighted by atomic mass is 9.80. The SMILES string of the molecule is CCCCC(C(=O)OC(CC(C)C)C(C)C)C(C(=O)O)C(C)C. The number of hydrogen-bond donors (Lipinski definition) is 1. The summed E-state index contributed by atoms with van der Waals surface area (Å²) in [6, 6.07) is 0. The molecule has 136 valence electrons. The molecule has 0 saturated carbocycles. The first-order chi connectivity index (χ1) is 10.6. The molecule has 0 heterocycles. The Morgan fingerprint density at radius 3 is 1.91 bits per heavy atom. The van der Waals surface area contributed by atoms with E-state index in [1.165, 1.54) is 0 Å². The molecule has 0 rings (SSSR count). The number of carbonyl (C=O) groups excluding carboxylic acids is 1. The zero-order valence-electron chi connectivity index (χ0n) is 16.0. The standard InChI is InChI=1S/C19H36O4/c1-8-9-10-15(17(14(6)7)18(20)21)19(22)23-16(13(4)5)11-12(2)3/h12-17H,8-11H2,1-7H3,(H,20,21). The maximum absolute atomic E-state index is 12.7. The normalized spacial score (nSPS) is 15.7. The molecule has 3 unspecified atom stereocenters. The topological polar surface area (TPSA) is 63.6 Å². The van der Waals surface area contributed by atoms with Gasteiger partial charge in [-0.15, -0.1) is 0 Å². The van der Waals surface area contributed by atoms with Crippen LogP contribution in [-0.4, -0.2) is 23.1 Å². The van der Waals surface area contributed by atoms with E-state index < -0.39 is 17.8 Å². The van der Waals surface area contributed by atoms with Crippen LogP contribution in [0.5, 0.6) is 0 Å². The summed E-state index contributed by atoms with van der Waals surface area (Å²) in [5.74, 6) is -1.90. The Bertz CT molecular complexity index is 360. The monoisotopic (exact) mass is 328 g/mol. The molecular formula is C19H36O4. The van der Waals surface area contributed by atoms with E-state index in [1.54, 1.807) is 0 Å². The minimum atomic E-state index is -0.900. The van der Waals surface area contributed by atoms with Crippen LogP contribution in [0.2, 0.25) is 0 Å². The van der Waals surface area contributed by atoms with Gasteiger partial charge >= 0.3 is 11.9 Å². The zero-order chi connectivity index (χ0) is 18.2. The van der Waals surface area contributed by atoms with Gasteiger partial charge in [-0.2, -0.15) is 0 Å². The highest BCUT2D eigenvalue weighted by molar-refractivity contribution is 5.81. The minimum Gasteiger partial charge on any atom is -0.481 e. The second-order valence-corrected chi connectivity index (χ2v) is 7.71. The Hall–Kier alpha value is -1.06. The zero-order valence-corrected chi connectivity index (χ0v) is 16.0. The molecule has 0 aromatic heterocycles. The molecule has 4 nitrogen and oxygen atoms in total. The number of aliphatic carboxylic acids is 1. The van der Waals surface area contributed by atoms with E-state index in [1.807, 2.05) is 34.6 Å². The molecule has 23 heavy (non-hydrogen) atoms. The highest BCUT2D eigenvalue weighted by atomic mass is 16.5. The Morgan fingerprint density at radius 2 is 1.57 bits per heavy atom. The van der Waals surface area contributed by atoms with Crippen LogP contribution in [0.3, 0.4) is 0 Å². The van der Waals surface area contributed by atoms with Crippen LogP contribution in [-0.2, 0) is 14.3 Å². The lowest BCUT2D eigenvalue weighted by Gasteiger charge is -2.29. The molecule has 0 fully saturated rings. The van der Waals surface area contributed by atoms with Crippen molar-refractivity contribution in [3.05, 3.63) is 0 Å². The lowest BCUT2D eigenvalue weighted by Crippen LogP contribution is -2.37. The van der Waals surface area contributed by atoms with Crippen LogP contribution in [0.4, 0.5) is 0 Å². The first-order valence-electron chi connectivity index (χ1n) is 9.04. The van der Waals surface area contributed by atoms with Gasteiger partial charge in [-0.1, -0.05) is 61.3 Å². The van der Waals surface area contributed by atoms with Crippen molar-refractivity contribution in [2.24, 2.45) is 29.6 Å². The fraction of sp³-hybridized carbons (Fsp3) is 0.895. The van der Waals surface area contributed by atoms with E-state index in [0.29, 0.717) is 12.3 Å². The molecule has 0 aliphatic carbocycles. The number of ether oxygens (including phenoxy) is 1. The molecule has 0 spiro atoms. The largest absolute Gasteiger partial charge is 0.481 e. The fourth-order valence-corrected chi connectivity index (χ4v) is 2.95. The molecular weight excluding hydrogens is 292 g/mol.